The molecule has 0 fully saturated rings. The number of rotatable bonds is 5. The SMILES string of the molecule is Bc1ccc(C(F)(F)C(O)(Cn2cnnn2)c2ccc(F)cc2F)nc1. The maximum atomic E-state index is 15.2. The first-order valence-corrected chi connectivity index (χ1v) is 7.43. The maximum Gasteiger partial charge on any atom is 0.323 e. The Kier molecular flexibility index (Phi) is 4.49. The predicted molar refractivity (Wildman–Crippen MR) is 84.4 cm³/mol. The molecule has 1 aromatic carbocycles. The molecule has 1 atom stereocenters. The van der Waals surface area contributed by atoms with Gasteiger partial charge in [0.25, 0.3) is 0 Å². The van der Waals surface area contributed by atoms with Gasteiger partial charge < -0.3 is 5.11 Å². The molecule has 1 unspecified atom stereocenters. The molecular weight excluding hydrogens is 353 g/mol. The summed E-state index contributed by atoms with van der Waals surface area (Å²) in [5, 5.41) is 21.0. The van der Waals surface area contributed by atoms with Crippen molar-refractivity contribution in [1.29, 1.82) is 0 Å². The summed E-state index contributed by atoms with van der Waals surface area (Å²) in [4.78, 5) is 3.65. The molecule has 2 aromatic heterocycles. The fourth-order valence-corrected chi connectivity index (χ4v) is 2.53. The standard InChI is InChI=1S/C15H12BF4N5O/c16-9-1-4-13(21-6-9)15(19,20)14(26,7-25-8-22-23-24-25)11-3-2-10(17)5-12(11)18/h1-6,8,26H,7,16H2. The molecule has 0 spiro atoms. The highest BCUT2D eigenvalue weighted by Gasteiger charge is 2.57. The van der Waals surface area contributed by atoms with Gasteiger partial charge in [-0.2, -0.15) is 8.78 Å². The van der Waals surface area contributed by atoms with E-state index in [0.29, 0.717) is 11.5 Å². The summed E-state index contributed by atoms with van der Waals surface area (Å²) < 4.78 is 58.8. The van der Waals surface area contributed by atoms with Gasteiger partial charge in [-0.25, -0.2) is 13.5 Å². The molecule has 0 aliphatic heterocycles. The topological polar surface area (TPSA) is 76.7 Å². The van der Waals surface area contributed by atoms with E-state index in [1.54, 1.807) is 7.85 Å². The van der Waals surface area contributed by atoms with Gasteiger partial charge in [-0.05, 0) is 28.6 Å². The molecule has 0 aliphatic rings. The van der Waals surface area contributed by atoms with E-state index in [1.807, 2.05) is 0 Å². The number of hydrogen-bond donors (Lipinski definition) is 1. The van der Waals surface area contributed by atoms with Gasteiger partial charge in [-0.1, -0.05) is 11.5 Å². The van der Waals surface area contributed by atoms with Crippen molar-refractivity contribution in [3.8, 4) is 0 Å². The minimum Gasteiger partial charge on any atom is -0.377 e. The van der Waals surface area contributed by atoms with Crippen molar-refractivity contribution >= 4 is 13.3 Å². The number of nitrogens with zero attached hydrogens (tertiary/aromatic N) is 5. The largest absolute Gasteiger partial charge is 0.377 e. The van der Waals surface area contributed by atoms with E-state index < -0.39 is 41.0 Å². The number of alkyl halides is 2. The van der Waals surface area contributed by atoms with E-state index in [2.05, 4.69) is 20.5 Å². The van der Waals surface area contributed by atoms with Crippen LogP contribution >= 0.6 is 0 Å². The van der Waals surface area contributed by atoms with Gasteiger partial charge in [0.2, 0.25) is 0 Å². The van der Waals surface area contributed by atoms with Crippen LogP contribution in [0.1, 0.15) is 11.3 Å². The summed E-state index contributed by atoms with van der Waals surface area (Å²) in [6.45, 7) is -0.884. The van der Waals surface area contributed by atoms with Crippen LogP contribution in [0.4, 0.5) is 17.6 Å². The molecule has 0 amide bonds. The second-order valence-electron chi connectivity index (χ2n) is 5.79. The van der Waals surface area contributed by atoms with Gasteiger partial charge in [0.15, 0.2) is 5.60 Å². The van der Waals surface area contributed by atoms with Crippen LogP contribution in [-0.2, 0) is 18.1 Å². The summed E-state index contributed by atoms with van der Waals surface area (Å²) >= 11 is 0. The molecule has 0 bridgehead atoms. The van der Waals surface area contributed by atoms with Crippen molar-refractivity contribution in [2.45, 2.75) is 18.1 Å². The summed E-state index contributed by atoms with van der Waals surface area (Å²) in [7, 11) is 1.65. The summed E-state index contributed by atoms with van der Waals surface area (Å²) in [5.74, 6) is -6.33. The number of tetrazole rings is 1. The molecular formula is C15H12BF4N5O. The summed E-state index contributed by atoms with van der Waals surface area (Å²) in [6, 6.07) is 4.37. The first-order valence-electron chi connectivity index (χ1n) is 7.43. The van der Waals surface area contributed by atoms with Gasteiger partial charge >= 0.3 is 5.92 Å². The second-order valence-corrected chi connectivity index (χ2v) is 5.79. The van der Waals surface area contributed by atoms with E-state index in [4.69, 9.17) is 0 Å². The lowest BCUT2D eigenvalue weighted by Crippen LogP contribution is -2.48. The minimum absolute atomic E-state index is 0.415. The van der Waals surface area contributed by atoms with E-state index in [-0.39, 0.29) is 0 Å². The molecule has 3 aromatic rings. The normalized spacial score (nSPS) is 14.2. The highest BCUT2D eigenvalue weighted by Crippen LogP contribution is 2.46. The highest BCUT2D eigenvalue weighted by atomic mass is 19.3. The first-order chi connectivity index (χ1) is 12.2. The third-order valence-corrected chi connectivity index (χ3v) is 3.91. The van der Waals surface area contributed by atoms with Crippen LogP contribution in [0, 0.1) is 11.6 Å². The Hall–Kier alpha value is -2.82. The van der Waals surface area contributed by atoms with Crippen molar-refractivity contribution in [3.63, 3.8) is 0 Å². The number of aliphatic hydroxyl groups is 1. The van der Waals surface area contributed by atoms with Crippen molar-refractivity contribution < 1.29 is 22.7 Å². The lowest BCUT2D eigenvalue weighted by molar-refractivity contribution is -0.207. The quantitative estimate of drug-likeness (QED) is 0.520. The third kappa shape index (κ3) is 3.05. The Morgan fingerprint density at radius 3 is 2.50 bits per heavy atom. The van der Waals surface area contributed by atoms with E-state index in [1.165, 1.54) is 12.3 Å². The predicted octanol–water partition coefficient (Wildman–Crippen LogP) is 0.284. The van der Waals surface area contributed by atoms with Gasteiger partial charge in [-0.3, -0.25) is 4.98 Å². The van der Waals surface area contributed by atoms with Crippen LogP contribution in [0.3, 0.4) is 0 Å². The van der Waals surface area contributed by atoms with E-state index in [9.17, 15) is 13.9 Å². The van der Waals surface area contributed by atoms with Gasteiger partial charge in [0.05, 0.1) is 6.54 Å². The molecule has 0 saturated heterocycles. The number of hydrogen-bond acceptors (Lipinski definition) is 5. The Morgan fingerprint density at radius 1 is 1.15 bits per heavy atom. The molecule has 0 radical (unpaired) electrons. The molecule has 134 valence electrons. The summed E-state index contributed by atoms with van der Waals surface area (Å²) in [6.07, 6.45) is 2.19. The van der Waals surface area contributed by atoms with Gasteiger partial charge in [0.1, 0.15) is 31.5 Å². The molecule has 2 heterocycles. The molecule has 6 nitrogen and oxygen atoms in total. The van der Waals surface area contributed by atoms with Crippen molar-refractivity contribution in [2.24, 2.45) is 0 Å². The average Bonchev–Trinajstić information content (AvgIpc) is 3.07. The number of benzene rings is 1. The molecule has 0 saturated carbocycles. The zero-order valence-electron chi connectivity index (χ0n) is 13.4. The fraction of sp³-hybridized carbons (Fsp3) is 0.200. The molecule has 3 rings (SSSR count). The Bertz CT molecular complexity index is 907. The Labute approximate surface area is 145 Å². The Morgan fingerprint density at radius 2 is 1.92 bits per heavy atom. The highest BCUT2D eigenvalue weighted by molar-refractivity contribution is 6.32. The number of halogens is 4. The van der Waals surface area contributed by atoms with E-state index >= 15 is 8.78 Å². The van der Waals surface area contributed by atoms with Crippen molar-refractivity contribution in [2.75, 3.05) is 0 Å². The lowest BCUT2D eigenvalue weighted by Gasteiger charge is -2.35. The van der Waals surface area contributed by atoms with Crippen molar-refractivity contribution in [1.82, 2.24) is 25.2 Å². The van der Waals surface area contributed by atoms with E-state index in [0.717, 1.165) is 29.2 Å². The monoisotopic (exact) mass is 365 g/mol. The van der Waals surface area contributed by atoms with Gasteiger partial charge in [0, 0.05) is 17.8 Å². The first kappa shape index (κ1) is 18.0. The van der Waals surface area contributed by atoms with Crippen LogP contribution in [0.5, 0.6) is 0 Å². The Balaban J connectivity index is 2.17. The third-order valence-electron chi connectivity index (χ3n) is 3.91. The minimum atomic E-state index is -4.04. The average molecular weight is 365 g/mol. The smallest absolute Gasteiger partial charge is 0.323 e. The zero-order valence-corrected chi connectivity index (χ0v) is 13.4. The maximum absolute atomic E-state index is 15.2. The van der Waals surface area contributed by atoms with Gasteiger partial charge in [-0.15, -0.1) is 5.10 Å². The van der Waals surface area contributed by atoms with Crippen LogP contribution in [-0.4, -0.2) is 38.1 Å². The fourth-order valence-electron chi connectivity index (χ4n) is 2.53. The van der Waals surface area contributed by atoms with Crippen LogP contribution < -0.4 is 5.46 Å². The lowest BCUT2D eigenvalue weighted by atomic mass is 9.84. The number of pyridine rings is 1. The van der Waals surface area contributed by atoms with Crippen LogP contribution in [0.25, 0.3) is 0 Å². The molecule has 0 aliphatic carbocycles. The van der Waals surface area contributed by atoms with Crippen LogP contribution in [0.15, 0.2) is 42.9 Å². The molecule has 1 N–H and O–H groups in total. The molecule has 26 heavy (non-hydrogen) atoms. The summed E-state index contributed by atoms with van der Waals surface area (Å²) in [5.41, 5.74) is -4.08. The zero-order chi connectivity index (χ0) is 18.9. The van der Waals surface area contributed by atoms with Crippen molar-refractivity contribution in [3.05, 3.63) is 65.7 Å². The van der Waals surface area contributed by atoms with Crippen LogP contribution in [0.2, 0.25) is 0 Å². The second kappa shape index (κ2) is 6.48. The number of aromatic nitrogens is 5. The molecule has 11 heteroatoms.